The van der Waals surface area contributed by atoms with E-state index in [9.17, 15) is 4.79 Å². The van der Waals surface area contributed by atoms with E-state index in [2.05, 4.69) is 17.6 Å². The second-order valence-corrected chi connectivity index (χ2v) is 4.11. The van der Waals surface area contributed by atoms with Crippen LogP contribution in [0, 0.1) is 5.92 Å². The Morgan fingerprint density at radius 2 is 2.14 bits per heavy atom. The summed E-state index contributed by atoms with van der Waals surface area (Å²) in [6.45, 7) is 4.35. The molecular formula is C11H22N2O. The molecule has 1 aliphatic carbocycles. The highest BCUT2D eigenvalue weighted by Gasteiger charge is 2.16. The van der Waals surface area contributed by atoms with Gasteiger partial charge in [0.2, 0.25) is 5.91 Å². The number of amides is 1. The number of hydrogen-bond acceptors (Lipinski definition) is 2. The molecule has 2 N–H and O–H groups in total. The average Bonchev–Trinajstić information content (AvgIpc) is 2.10. The Bertz CT molecular complexity index is 167. The van der Waals surface area contributed by atoms with Crippen LogP contribution in [0.4, 0.5) is 0 Å². The highest BCUT2D eigenvalue weighted by molar-refractivity contribution is 5.77. The molecule has 82 valence electrons. The summed E-state index contributed by atoms with van der Waals surface area (Å²) in [5, 5.41) is 6.03. The van der Waals surface area contributed by atoms with Crippen LogP contribution in [0.2, 0.25) is 0 Å². The monoisotopic (exact) mass is 198 g/mol. The zero-order valence-corrected chi connectivity index (χ0v) is 9.14. The first-order valence-corrected chi connectivity index (χ1v) is 5.80. The zero-order chi connectivity index (χ0) is 10.2. The molecule has 1 rings (SSSR count). The minimum absolute atomic E-state index is 0.137. The summed E-state index contributed by atoms with van der Waals surface area (Å²) in [7, 11) is 0. The molecule has 0 aromatic carbocycles. The Morgan fingerprint density at radius 1 is 1.36 bits per heavy atom. The third-order valence-electron chi connectivity index (χ3n) is 2.81. The van der Waals surface area contributed by atoms with Gasteiger partial charge >= 0.3 is 0 Å². The number of carbonyl (C=O) groups is 1. The average molecular weight is 198 g/mol. The predicted molar refractivity (Wildman–Crippen MR) is 58.1 cm³/mol. The number of nitrogens with one attached hydrogen (secondary N) is 2. The van der Waals surface area contributed by atoms with Gasteiger partial charge in [-0.15, -0.1) is 0 Å². The molecule has 14 heavy (non-hydrogen) atoms. The van der Waals surface area contributed by atoms with Gasteiger partial charge in [-0.2, -0.15) is 0 Å². The van der Waals surface area contributed by atoms with Crippen LogP contribution in [0.3, 0.4) is 0 Å². The summed E-state index contributed by atoms with van der Waals surface area (Å²) in [4.78, 5) is 11.2. The summed E-state index contributed by atoms with van der Waals surface area (Å²) in [6, 6.07) is 0. The second-order valence-electron chi connectivity index (χ2n) is 4.11. The second kappa shape index (κ2) is 6.82. The van der Waals surface area contributed by atoms with Crippen molar-refractivity contribution in [3.8, 4) is 0 Å². The highest BCUT2D eigenvalue weighted by Crippen LogP contribution is 2.28. The molecule has 1 fully saturated rings. The molecule has 0 unspecified atom stereocenters. The van der Waals surface area contributed by atoms with Crippen LogP contribution in [0.25, 0.3) is 0 Å². The van der Waals surface area contributed by atoms with Crippen molar-refractivity contribution in [2.45, 2.75) is 39.0 Å². The normalized spacial score (nSPS) is 16.4. The van der Waals surface area contributed by atoms with E-state index in [0.717, 1.165) is 25.4 Å². The van der Waals surface area contributed by atoms with Gasteiger partial charge in [-0.1, -0.05) is 26.2 Å². The van der Waals surface area contributed by atoms with Crippen molar-refractivity contribution in [1.82, 2.24) is 10.6 Å². The van der Waals surface area contributed by atoms with Crippen LogP contribution >= 0.6 is 0 Å². The molecule has 1 aliphatic rings. The van der Waals surface area contributed by atoms with Crippen LogP contribution in [-0.2, 0) is 4.79 Å². The molecule has 1 amide bonds. The molecule has 1 saturated carbocycles. The van der Waals surface area contributed by atoms with Crippen molar-refractivity contribution in [1.29, 1.82) is 0 Å². The van der Waals surface area contributed by atoms with Crippen LogP contribution in [-0.4, -0.2) is 25.5 Å². The lowest BCUT2D eigenvalue weighted by atomic mass is 9.83. The molecule has 3 heteroatoms. The molecular weight excluding hydrogens is 176 g/mol. The predicted octanol–water partition coefficient (Wildman–Crippen LogP) is 1.29. The van der Waals surface area contributed by atoms with Crippen LogP contribution < -0.4 is 10.6 Å². The Balaban J connectivity index is 1.86. The van der Waals surface area contributed by atoms with Gasteiger partial charge in [0.25, 0.3) is 0 Å². The topological polar surface area (TPSA) is 41.1 Å². The van der Waals surface area contributed by atoms with E-state index in [1.165, 1.54) is 25.7 Å². The number of carbonyl (C=O) groups excluding carboxylic acids is 1. The van der Waals surface area contributed by atoms with Crippen molar-refractivity contribution >= 4 is 5.91 Å². The van der Waals surface area contributed by atoms with E-state index in [4.69, 9.17) is 0 Å². The van der Waals surface area contributed by atoms with Gasteiger partial charge < -0.3 is 10.6 Å². The third-order valence-corrected chi connectivity index (χ3v) is 2.81. The molecule has 0 radical (unpaired) electrons. The summed E-state index contributed by atoms with van der Waals surface area (Å²) >= 11 is 0. The van der Waals surface area contributed by atoms with Gasteiger partial charge in [0.15, 0.2) is 0 Å². The fraction of sp³-hybridized carbons (Fsp3) is 0.909. The Hall–Kier alpha value is -0.570. The van der Waals surface area contributed by atoms with Crippen molar-refractivity contribution in [2.75, 3.05) is 19.6 Å². The van der Waals surface area contributed by atoms with Crippen LogP contribution in [0.5, 0.6) is 0 Å². The van der Waals surface area contributed by atoms with E-state index in [1.54, 1.807) is 0 Å². The summed E-state index contributed by atoms with van der Waals surface area (Å²) in [5.41, 5.74) is 0. The third kappa shape index (κ3) is 4.61. The van der Waals surface area contributed by atoms with Gasteiger partial charge in [-0.25, -0.2) is 0 Å². The molecule has 0 atom stereocenters. The lowest BCUT2D eigenvalue weighted by Crippen LogP contribution is -2.35. The largest absolute Gasteiger partial charge is 0.355 e. The van der Waals surface area contributed by atoms with Crippen molar-refractivity contribution < 1.29 is 4.79 Å². The Morgan fingerprint density at radius 3 is 2.71 bits per heavy atom. The maximum atomic E-state index is 11.2. The molecule has 0 heterocycles. The Labute approximate surface area is 86.6 Å². The quantitative estimate of drug-likeness (QED) is 0.605. The van der Waals surface area contributed by atoms with Gasteiger partial charge in [0.05, 0.1) is 6.54 Å². The van der Waals surface area contributed by atoms with E-state index in [1.807, 2.05) is 0 Å². The molecule has 0 spiro atoms. The summed E-state index contributed by atoms with van der Waals surface area (Å²) < 4.78 is 0. The van der Waals surface area contributed by atoms with Crippen molar-refractivity contribution in [3.05, 3.63) is 0 Å². The van der Waals surface area contributed by atoms with E-state index < -0.39 is 0 Å². The maximum Gasteiger partial charge on any atom is 0.233 e. The Kier molecular flexibility index (Phi) is 5.60. The van der Waals surface area contributed by atoms with Gasteiger partial charge in [-0.3, -0.25) is 4.79 Å². The summed E-state index contributed by atoms with van der Waals surface area (Å²) in [6.07, 6.45) is 6.36. The van der Waals surface area contributed by atoms with Gasteiger partial charge in [-0.05, 0) is 25.3 Å². The van der Waals surface area contributed by atoms with E-state index >= 15 is 0 Å². The molecule has 0 saturated heterocycles. The number of rotatable bonds is 7. The summed E-state index contributed by atoms with van der Waals surface area (Å²) in [5.74, 6) is 1.02. The molecule has 0 aromatic heterocycles. The molecule has 0 aliphatic heterocycles. The SMILES string of the molecule is CCCNCC(=O)NCCC1CCC1. The first-order chi connectivity index (χ1) is 6.83. The molecule has 0 aromatic rings. The van der Waals surface area contributed by atoms with E-state index in [-0.39, 0.29) is 5.91 Å². The highest BCUT2D eigenvalue weighted by atomic mass is 16.1. The fourth-order valence-electron chi connectivity index (χ4n) is 1.64. The minimum Gasteiger partial charge on any atom is -0.355 e. The zero-order valence-electron chi connectivity index (χ0n) is 9.14. The van der Waals surface area contributed by atoms with Crippen molar-refractivity contribution in [3.63, 3.8) is 0 Å². The molecule has 3 nitrogen and oxygen atoms in total. The smallest absolute Gasteiger partial charge is 0.233 e. The standard InChI is InChI=1S/C11H22N2O/c1-2-7-12-9-11(14)13-8-6-10-4-3-5-10/h10,12H,2-9H2,1H3,(H,13,14). The minimum atomic E-state index is 0.137. The lowest BCUT2D eigenvalue weighted by molar-refractivity contribution is -0.120. The van der Waals surface area contributed by atoms with Crippen molar-refractivity contribution in [2.24, 2.45) is 5.92 Å². The van der Waals surface area contributed by atoms with Gasteiger partial charge in [0, 0.05) is 6.54 Å². The van der Waals surface area contributed by atoms with Crippen LogP contribution in [0.1, 0.15) is 39.0 Å². The maximum absolute atomic E-state index is 11.2. The lowest BCUT2D eigenvalue weighted by Gasteiger charge is -2.25. The fourth-order valence-corrected chi connectivity index (χ4v) is 1.64. The van der Waals surface area contributed by atoms with E-state index in [0.29, 0.717) is 6.54 Å². The molecule has 0 bridgehead atoms. The van der Waals surface area contributed by atoms with Crippen LogP contribution in [0.15, 0.2) is 0 Å². The first-order valence-electron chi connectivity index (χ1n) is 5.80. The first kappa shape index (κ1) is 11.5. The van der Waals surface area contributed by atoms with Gasteiger partial charge in [0.1, 0.15) is 0 Å². The number of hydrogen-bond donors (Lipinski definition) is 2.